The third kappa shape index (κ3) is 6.72. The molecule has 1 aliphatic heterocycles. The summed E-state index contributed by atoms with van der Waals surface area (Å²) in [5.41, 5.74) is 0.517. The van der Waals surface area contributed by atoms with Crippen LogP contribution in [0.2, 0.25) is 10.0 Å². The predicted octanol–water partition coefficient (Wildman–Crippen LogP) is 7.72. The number of benzene rings is 2. The number of allylic oxidation sites excluding steroid dienone is 1. The summed E-state index contributed by atoms with van der Waals surface area (Å²) in [4.78, 5) is 17.2. The van der Waals surface area contributed by atoms with Gasteiger partial charge in [0.2, 0.25) is 0 Å². The van der Waals surface area contributed by atoms with E-state index in [2.05, 4.69) is 16.3 Å². The molecular weight excluding hydrogens is 517 g/mol. The Morgan fingerprint density at radius 3 is 2.39 bits per heavy atom. The van der Waals surface area contributed by atoms with Gasteiger partial charge in [0.15, 0.2) is 0 Å². The molecule has 4 nitrogen and oxygen atoms in total. The number of hydrogen-bond donors (Lipinski definition) is 1. The van der Waals surface area contributed by atoms with Gasteiger partial charge in [-0.1, -0.05) is 29.3 Å². The lowest BCUT2D eigenvalue weighted by molar-refractivity contribution is -0.139. The first-order valence-electron chi connectivity index (χ1n) is 11.9. The monoisotopic (exact) mass is 543 g/mol. The highest BCUT2D eigenvalue weighted by atomic mass is 35.5. The highest BCUT2D eigenvalue weighted by Gasteiger charge is 2.35. The van der Waals surface area contributed by atoms with Gasteiger partial charge in [-0.15, -0.1) is 0 Å². The molecule has 1 fully saturated rings. The van der Waals surface area contributed by atoms with Crippen LogP contribution in [-0.2, 0) is 6.18 Å². The summed E-state index contributed by atoms with van der Waals surface area (Å²) in [7, 11) is 0. The Morgan fingerprint density at radius 1 is 1.08 bits per heavy atom. The molecule has 36 heavy (non-hydrogen) atoms. The molecule has 2 aliphatic rings. The lowest BCUT2D eigenvalue weighted by Crippen LogP contribution is -2.47. The van der Waals surface area contributed by atoms with E-state index in [0.29, 0.717) is 48.5 Å². The average molecular weight is 544 g/mol. The van der Waals surface area contributed by atoms with Gasteiger partial charge in [-0.2, -0.15) is 13.2 Å². The Kier molecular flexibility index (Phi) is 8.48. The van der Waals surface area contributed by atoms with Crippen LogP contribution in [0, 0.1) is 5.82 Å². The van der Waals surface area contributed by atoms with Crippen molar-refractivity contribution >= 4 is 40.5 Å². The quantitative estimate of drug-likeness (QED) is 0.378. The summed E-state index contributed by atoms with van der Waals surface area (Å²) >= 11 is 12.3. The smallest absolute Gasteiger partial charge is 0.320 e. The molecule has 2 amide bonds. The molecule has 1 unspecified atom stereocenters. The van der Waals surface area contributed by atoms with Crippen LogP contribution in [0.5, 0.6) is 0 Å². The van der Waals surface area contributed by atoms with Crippen molar-refractivity contribution in [3.8, 4) is 0 Å². The molecule has 10 heteroatoms. The Hall–Kier alpha value is -2.29. The minimum atomic E-state index is -4.85. The molecule has 0 aromatic heterocycles. The van der Waals surface area contributed by atoms with Crippen molar-refractivity contribution in [2.45, 2.75) is 44.3 Å². The Labute approximate surface area is 217 Å². The highest BCUT2D eigenvalue weighted by molar-refractivity contribution is 6.34. The fraction of sp³-hybridized carbons (Fsp3) is 0.423. The number of amides is 2. The van der Waals surface area contributed by atoms with Gasteiger partial charge in [0.05, 0.1) is 5.56 Å². The maximum atomic E-state index is 13.7. The number of halogens is 6. The SMILES string of the molecule is O=C(Nc1ccc(F)c(C(F)(F)F)c1)N(CCN1CCCC1)C1CC=C(c2cc(Cl)cc(Cl)c2)CC1. The van der Waals surface area contributed by atoms with E-state index in [1.54, 1.807) is 11.0 Å². The fourth-order valence-corrected chi connectivity index (χ4v) is 5.35. The molecule has 2 aromatic carbocycles. The number of hydrogen-bond acceptors (Lipinski definition) is 2. The molecular formula is C26H27Cl2F4N3O. The van der Waals surface area contributed by atoms with Gasteiger partial charge in [-0.25, -0.2) is 9.18 Å². The third-order valence-corrected chi connectivity index (χ3v) is 7.13. The van der Waals surface area contributed by atoms with Crippen LogP contribution in [-0.4, -0.2) is 48.1 Å². The molecule has 1 saturated heterocycles. The summed E-state index contributed by atoms with van der Waals surface area (Å²) in [5.74, 6) is -1.38. The van der Waals surface area contributed by atoms with Crippen molar-refractivity contribution in [1.82, 2.24) is 9.80 Å². The summed E-state index contributed by atoms with van der Waals surface area (Å²) in [6.45, 7) is 3.05. The van der Waals surface area contributed by atoms with Crippen LogP contribution in [0.1, 0.15) is 43.2 Å². The standard InChI is InChI=1S/C26H27Cl2F4N3O/c27-19-13-18(14-20(28)15-19)17-3-6-22(7-4-17)35(12-11-34-9-1-2-10-34)25(36)33-21-5-8-24(29)23(16-21)26(30,31)32/h3,5,8,13-16,22H,1-2,4,6-7,9-12H2,(H,33,36). The van der Waals surface area contributed by atoms with E-state index in [-0.39, 0.29) is 11.7 Å². The van der Waals surface area contributed by atoms with E-state index in [1.165, 1.54) is 0 Å². The van der Waals surface area contributed by atoms with Gasteiger partial charge >= 0.3 is 12.2 Å². The number of urea groups is 1. The molecule has 1 heterocycles. The van der Waals surface area contributed by atoms with E-state index in [4.69, 9.17) is 23.2 Å². The summed E-state index contributed by atoms with van der Waals surface area (Å²) < 4.78 is 53.1. The second-order valence-electron chi connectivity index (χ2n) is 9.18. The first kappa shape index (κ1) is 26.8. The van der Waals surface area contributed by atoms with E-state index >= 15 is 0 Å². The van der Waals surface area contributed by atoms with Crippen LogP contribution in [0.3, 0.4) is 0 Å². The van der Waals surface area contributed by atoms with Gasteiger partial charge in [-0.3, -0.25) is 0 Å². The van der Waals surface area contributed by atoms with Crippen molar-refractivity contribution in [2.24, 2.45) is 0 Å². The van der Waals surface area contributed by atoms with Crippen molar-refractivity contribution in [3.63, 3.8) is 0 Å². The topological polar surface area (TPSA) is 35.6 Å². The molecule has 0 radical (unpaired) electrons. The molecule has 2 aromatic rings. The zero-order chi connectivity index (χ0) is 25.9. The van der Waals surface area contributed by atoms with Crippen LogP contribution >= 0.6 is 23.2 Å². The van der Waals surface area contributed by atoms with Crippen molar-refractivity contribution in [2.75, 3.05) is 31.5 Å². The van der Waals surface area contributed by atoms with E-state index in [1.807, 2.05) is 12.1 Å². The number of anilines is 1. The minimum absolute atomic E-state index is 0.0968. The summed E-state index contributed by atoms with van der Waals surface area (Å²) in [6.07, 6.45) is 1.40. The Morgan fingerprint density at radius 2 is 1.78 bits per heavy atom. The predicted molar refractivity (Wildman–Crippen MR) is 135 cm³/mol. The van der Waals surface area contributed by atoms with Gasteiger partial charge < -0.3 is 15.1 Å². The number of likely N-dealkylation sites (tertiary alicyclic amines) is 1. The highest BCUT2D eigenvalue weighted by Crippen LogP contribution is 2.34. The zero-order valence-corrected chi connectivity index (χ0v) is 21.1. The normalized spacial score (nSPS) is 18.7. The van der Waals surface area contributed by atoms with Gasteiger partial charge in [-0.05, 0) is 92.7 Å². The maximum Gasteiger partial charge on any atom is 0.419 e. The van der Waals surface area contributed by atoms with Crippen molar-refractivity contribution < 1.29 is 22.4 Å². The molecule has 4 rings (SSSR count). The Bertz CT molecular complexity index is 1110. The fourth-order valence-electron chi connectivity index (χ4n) is 4.83. The van der Waals surface area contributed by atoms with Gasteiger partial charge in [0.1, 0.15) is 5.82 Å². The Balaban J connectivity index is 1.51. The summed E-state index contributed by atoms with van der Waals surface area (Å²) in [5, 5.41) is 3.65. The van der Waals surface area contributed by atoms with Gasteiger partial charge in [0.25, 0.3) is 0 Å². The van der Waals surface area contributed by atoms with Gasteiger partial charge in [0, 0.05) is 34.9 Å². The summed E-state index contributed by atoms with van der Waals surface area (Å²) in [6, 6.07) is 7.24. The molecule has 1 aliphatic carbocycles. The van der Waals surface area contributed by atoms with Crippen LogP contribution in [0.25, 0.3) is 5.57 Å². The molecule has 0 bridgehead atoms. The van der Waals surface area contributed by atoms with Crippen LogP contribution in [0.4, 0.5) is 28.0 Å². The molecule has 194 valence electrons. The van der Waals surface area contributed by atoms with Crippen molar-refractivity contribution in [3.05, 3.63) is 69.5 Å². The maximum absolute atomic E-state index is 13.7. The number of nitrogens with zero attached hydrogens (tertiary/aromatic N) is 2. The molecule has 0 spiro atoms. The number of carbonyl (C=O) groups excluding carboxylic acids is 1. The van der Waals surface area contributed by atoms with Crippen LogP contribution < -0.4 is 5.32 Å². The second-order valence-corrected chi connectivity index (χ2v) is 10.1. The first-order chi connectivity index (χ1) is 17.1. The average Bonchev–Trinajstić information content (AvgIpc) is 3.33. The number of rotatable bonds is 6. The molecule has 1 atom stereocenters. The second kappa shape index (κ2) is 11.4. The van der Waals surface area contributed by atoms with E-state index in [9.17, 15) is 22.4 Å². The zero-order valence-electron chi connectivity index (χ0n) is 19.6. The number of nitrogens with one attached hydrogen (secondary N) is 1. The lowest BCUT2D eigenvalue weighted by atomic mass is 9.90. The van der Waals surface area contributed by atoms with E-state index < -0.39 is 23.6 Å². The molecule has 1 N–H and O–H groups in total. The van der Waals surface area contributed by atoms with E-state index in [0.717, 1.165) is 49.2 Å². The van der Waals surface area contributed by atoms with Crippen molar-refractivity contribution in [1.29, 1.82) is 0 Å². The largest absolute Gasteiger partial charge is 0.419 e. The lowest BCUT2D eigenvalue weighted by Gasteiger charge is -2.35. The van der Waals surface area contributed by atoms with Crippen LogP contribution in [0.15, 0.2) is 42.5 Å². The number of carbonyl (C=O) groups is 1. The number of alkyl halides is 3. The minimum Gasteiger partial charge on any atom is -0.320 e. The third-order valence-electron chi connectivity index (χ3n) is 6.70. The molecule has 0 saturated carbocycles. The first-order valence-corrected chi connectivity index (χ1v) is 12.7.